The Balaban J connectivity index is 1.43. The number of hydrogen-bond donors (Lipinski definition) is 1. The van der Waals surface area contributed by atoms with Crippen molar-refractivity contribution in [3.63, 3.8) is 0 Å². The van der Waals surface area contributed by atoms with Crippen LogP contribution < -0.4 is 0 Å². The fraction of sp³-hybridized carbons (Fsp3) is 0.238. The molecule has 0 fully saturated rings. The summed E-state index contributed by atoms with van der Waals surface area (Å²) >= 11 is 0. The van der Waals surface area contributed by atoms with Crippen LogP contribution in [0.3, 0.4) is 0 Å². The highest BCUT2D eigenvalue weighted by Gasteiger charge is 2.29. The Kier molecular flexibility index (Phi) is 5.85. The van der Waals surface area contributed by atoms with Crippen LogP contribution in [0.1, 0.15) is 142 Å². The van der Waals surface area contributed by atoms with Crippen molar-refractivity contribution in [1.82, 2.24) is 14.5 Å². The summed E-state index contributed by atoms with van der Waals surface area (Å²) in [6.45, 7) is -32.3. The highest BCUT2D eigenvalue weighted by molar-refractivity contribution is 5.98. The largest absolute Gasteiger partial charge is 0.507 e. The van der Waals surface area contributed by atoms with Crippen LogP contribution in [0.4, 0.5) is 0 Å². The SMILES string of the molecule is [2H]C(C)(C)c1ccc(-n2c(-c3cc(C(C([2H])([2H])[2H])(C([2H])([2H])[2H])C([2H])([2H])[2H])cc(C(C([2H])([2H])[2H])(C([2H])([2H])[2H])C([2H])([2H])[2H])c3O)nc3c(-c4cc(-c5ccccc5)cc(-c5cc(-c6ccc(C(C([2H])([2H])[2H])(C([2H])([2H])[2H])C([2H])([2H])[2H])cc6)ccn5)c4)cccc32)c(-c2ccccc2)c1. The van der Waals surface area contributed by atoms with Gasteiger partial charge in [0.2, 0.25) is 0 Å². The summed E-state index contributed by atoms with van der Waals surface area (Å²) in [7, 11) is 0. The predicted molar refractivity (Wildman–Crippen MR) is 283 cm³/mol. The number of imidazole rings is 1. The van der Waals surface area contributed by atoms with Crippen LogP contribution in [0.25, 0.3) is 83.9 Å². The number of aromatic nitrogens is 3. The van der Waals surface area contributed by atoms with E-state index in [4.69, 9.17) is 48.3 Å². The zero-order chi connectivity index (χ0) is 70.8. The molecule has 0 saturated heterocycles. The fourth-order valence-corrected chi connectivity index (χ4v) is 8.36. The summed E-state index contributed by atoms with van der Waals surface area (Å²) in [4.78, 5) is 9.88. The molecule has 0 saturated carbocycles. The van der Waals surface area contributed by atoms with Gasteiger partial charge < -0.3 is 5.11 Å². The molecule has 2 aromatic heterocycles. The molecule has 0 aliphatic heterocycles. The number of benzene rings is 7. The van der Waals surface area contributed by atoms with Crippen LogP contribution in [0.5, 0.6) is 5.75 Å². The molecule has 0 unspecified atom stereocenters. The third kappa shape index (κ3) is 8.98. The Morgan fingerprint density at radius 2 is 1.15 bits per heavy atom. The Hall–Kier alpha value is -7.04. The molecule has 9 aromatic rings. The average molecular weight is 906 g/mol. The van der Waals surface area contributed by atoms with E-state index in [1.165, 1.54) is 22.9 Å². The zero-order valence-electron chi connectivity index (χ0n) is 64.5. The standard InChI is InChI=1S/C63H63N3O/c1-40(2)44-27-30-56(52(36-44)43-21-16-13-17-22-43)66-57-24-18-23-51(58(57)65-60(66)53-38-50(62(6,7)8)39-54(59(53)67)63(9,10)11)47-33-46(41-19-14-12-15-20-41)34-48(35-47)55-37-45(31-32-64-55)42-25-28-49(29-26-42)61(3,4)5/h12-40,67H,1-11H3/i3D3,4D3,5D3,6D3,7D3,8D3,9D3,10D3,11D3,40D. The van der Waals surface area contributed by atoms with Crippen LogP contribution in [-0.2, 0) is 16.2 Å². The van der Waals surface area contributed by atoms with Crippen LogP contribution in [0.2, 0.25) is 0 Å². The maximum atomic E-state index is 13.1. The number of fused-ring (bicyclic) bond motifs is 1. The van der Waals surface area contributed by atoms with Crippen molar-refractivity contribution in [1.29, 1.82) is 0 Å². The molecule has 67 heavy (non-hydrogen) atoms. The van der Waals surface area contributed by atoms with Gasteiger partial charge in [0.25, 0.3) is 0 Å². The molecule has 0 atom stereocenters. The highest BCUT2D eigenvalue weighted by atomic mass is 16.3. The Morgan fingerprint density at radius 3 is 1.84 bits per heavy atom. The van der Waals surface area contributed by atoms with E-state index in [2.05, 4.69) is 0 Å². The molecule has 4 heteroatoms. The number of aromatic hydroxyl groups is 1. The van der Waals surface area contributed by atoms with Crippen LogP contribution in [-0.4, -0.2) is 19.6 Å². The summed E-state index contributed by atoms with van der Waals surface area (Å²) in [6.07, 6.45) is 1.48. The summed E-state index contributed by atoms with van der Waals surface area (Å²) in [5, 5.41) is 13.1. The van der Waals surface area contributed by atoms with E-state index in [-0.39, 0.29) is 28.4 Å². The van der Waals surface area contributed by atoms with Crippen molar-refractivity contribution in [3.05, 3.63) is 192 Å². The average Bonchev–Trinajstić information content (AvgIpc) is 0.920. The minimum atomic E-state index is -4.24. The predicted octanol–water partition coefficient (Wildman–Crippen LogP) is 17.1. The summed E-state index contributed by atoms with van der Waals surface area (Å²) in [6, 6.07) is 42.0. The Bertz CT molecular complexity index is 4220. The minimum absolute atomic E-state index is 0.0143. The molecule has 0 bridgehead atoms. The molecule has 0 amide bonds. The Labute approximate surface area is 437 Å². The molecule has 336 valence electrons. The second-order valence-electron chi connectivity index (χ2n) is 16.9. The van der Waals surface area contributed by atoms with Crippen LogP contribution in [0, 0.1) is 0 Å². The molecule has 0 spiro atoms. The maximum absolute atomic E-state index is 13.1. The Morgan fingerprint density at radius 1 is 0.507 bits per heavy atom. The molecule has 7 aromatic carbocycles. The van der Waals surface area contributed by atoms with E-state index in [1.54, 1.807) is 123 Å². The smallest absolute Gasteiger partial charge is 0.149 e. The molecule has 1 N–H and O–H groups in total. The first-order valence-corrected chi connectivity index (χ1v) is 21.3. The van der Waals surface area contributed by atoms with Gasteiger partial charge in [-0.3, -0.25) is 9.55 Å². The second-order valence-corrected chi connectivity index (χ2v) is 16.9. The number of phenols is 1. The number of pyridine rings is 1. The van der Waals surface area contributed by atoms with Gasteiger partial charge in [-0.15, -0.1) is 0 Å². The van der Waals surface area contributed by atoms with Gasteiger partial charge in [-0.25, -0.2) is 4.98 Å². The third-order valence-corrected chi connectivity index (χ3v) is 11.8. The number of hydrogen-bond acceptors (Lipinski definition) is 3. The molecular weight excluding hydrogens is 815 g/mol. The summed E-state index contributed by atoms with van der Waals surface area (Å²) < 4.78 is 243. The van der Waals surface area contributed by atoms with Crippen molar-refractivity contribution >= 4 is 11.0 Å². The van der Waals surface area contributed by atoms with E-state index in [0.717, 1.165) is 12.1 Å². The molecule has 0 aliphatic carbocycles. The van der Waals surface area contributed by atoms with Gasteiger partial charge >= 0.3 is 0 Å². The van der Waals surface area contributed by atoms with Gasteiger partial charge in [0.1, 0.15) is 11.6 Å². The van der Waals surface area contributed by atoms with E-state index in [9.17, 15) is 5.11 Å². The lowest BCUT2D eigenvalue weighted by atomic mass is 9.79. The van der Waals surface area contributed by atoms with Crippen molar-refractivity contribution in [2.45, 2.75) is 97.7 Å². The van der Waals surface area contributed by atoms with Gasteiger partial charge in [0.15, 0.2) is 0 Å². The quantitative estimate of drug-likeness (QED) is 0.165. The van der Waals surface area contributed by atoms with Gasteiger partial charge in [-0.2, -0.15) is 0 Å². The van der Waals surface area contributed by atoms with Crippen LogP contribution in [0.15, 0.2) is 170 Å². The lowest BCUT2D eigenvalue weighted by Gasteiger charge is -2.27. The van der Waals surface area contributed by atoms with Crippen molar-refractivity contribution < 1.29 is 43.5 Å². The second kappa shape index (κ2) is 17.3. The minimum Gasteiger partial charge on any atom is -0.507 e. The monoisotopic (exact) mass is 906 g/mol. The molecule has 4 nitrogen and oxygen atoms in total. The van der Waals surface area contributed by atoms with Gasteiger partial charge in [-0.1, -0.05) is 185 Å². The first-order valence-electron chi connectivity index (χ1n) is 35.3. The van der Waals surface area contributed by atoms with E-state index in [1.807, 2.05) is 18.2 Å². The first kappa shape index (κ1) is 22.6. The van der Waals surface area contributed by atoms with E-state index in [0.29, 0.717) is 61.8 Å². The topological polar surface area (TPSA) is 50.9 Å². The van der Waals surface area contributed by atoms with Crippen molar-refractivity contribution in [3.8, 4) is 78.6 Å². The summed E-state index contributed by atoms with van der Waals surface area (Å²) in [5.74, 6) is -3.28. The lowest BCUT2D eigenvalue weighted by molar-refractivity contribution is 0.446. The molecule has 2 heterocycles. The number of rotatable bonds is 8. The molecule has 0 radical (unpaired) electrons. The van der Waals surface area contributed by atoms with Crippen molar-refractivity contribution in [2.24, 2.45) is 0 Å². The number of phenolic OH excluding ortho intramolecular Hbond substituents is 1. The zero-order valence-corrected chi connectivity index (χ0v) is 36.5. The first-order chi connectivity index (χ1) is 43.4. The maximum Gasteiger partial charge on any atom is 0.149 e. The molecule has 9 rings (SSSR count). The van der Waals surface area contributed by atoms with Gasteiger partial charge in [0, 0.05) is 66.8 Å². The molecular formula is C63H63N3O. The highest BCUT2D eigenvalue weighted by Crippen LogP contribution is 2.46. The summed E-state index contributed by atoms with van der Waals surface area (Å²) in [5.41, 5.74) is -10.7. The number of para-hydroxylation sites is 1. The van der Waals surface area contributed by atoms with E-state index >= 15 is 0 Å². The molecule has 0 aliphatic rings. The van der Waals surface area contributed by atoms with Gasteiger partial charge in [0.05, 0.1) is 28.0 Å². The fourth-order valence-electron chi connectivity index (χ4n) is 8.36. The normalized spacial score (nSPS) is 20.3. The van der Waals surface area contributed by atoms with E-state index < -0.39 is 118 Å². The van der Waals surface area contributed by atoms with Gasteiger partial charge in [-0.05, 0) is 127 Å². The van der Waals surface area contributed by atoms with Crippen LogP contribution >= 0.6 is 0 Å². The lowest BCUT2D eigenvalue weighted by Crippen LogP contribution is -2.17. The number of nitrogens with zero attached hydrogens (tertiary/aromatic N) is 3. The third-order valence-electron chi connectivity index (χ3n) is 11.8. The van der Waals surface area contributed by atoms with Crippen molar-refractivity contribution in [2.75, 3.05) is 0 Å².